The van der Waals surface area contributed by atoms with Gasteiger partial charge in [-0.15, -0.1) is 34.0 Å². The van der Waals surface area contributed by atoms with Gasteiger partial charge in [0.2, 0.25) is 0 Å². The number of thiazole rings is 2. The van der Waals surface area contributed by atoms with Gasteiger partial charge in [0.25, 0.3) is 0 Å². The summed E-state index contributed by atoms with van der Waals surface area (Å²) in [6, 6.07) is 30.7. The third-order valence-electron chi connectivity index (χ3n) is 28.6. The Bertz CT molecular complexity index is 4280. The third kappa shape index (κ3) is 44.6. The van der Waals surface area contributed by atoms with Crippen LogP contribution in [0.5, 0.6) is 0 Å². The molecule has 0 radical (unpaired) electrons. The number of aryl methyl sites for hydroxylation is 8. The number of unbranched alkanes of at least 4 members (excludes halogenated alkanes) is 66. The smallest absolute Gasteiger partial charge is 0.132 e. The molecule has 0 N–H and O–H groups in total. The molecule has 2 nitrogen and oxygen atoms in total. The van der Waals surface area contributed by atoms with Crippen molar-refractivity contribution in [2.24, 2.45) is 0 Å². The van der Waals surface area contributed by atoms with E-state index in [1.165, 1.54) is 547 Å². The number of thiophene rings is 4. The Morgan fingerprint density at radius 1 is 0.197 bits per heavy atom. The van der Waals surface area contributed by atoms with Gasteiger partial charge in [0.15, 0.2) is 0 Å². The van der Waals surface area contributed by atoms with Crippen LogP contribution in [0.2, 0.25) is 0 Å². The van der Waals surface area contributed by atoms with E-state index < -0.39 is 0 Å². The van der Waals surface area contributed by atoms with Crippen LogP contribution < -0.4 is 0 Å². The van der Waals surface area contributed by atoms with E-state index in [1.54, 1.807) is 49.8 Å². The first-order chi connectivity index (χ1) is 65.2. The van der Waals surface area contributed by atoms with E-state index in [9.17, 15) is 0 Å². The fraction of sp³-hybridized carbons (Fsp3) is 0.705. The molecular formula is C122H192N2S6Se2. The van der Waals surface area contributed by atoms with Crippen LogP contribution in [0.25, 0.3) is 78.3 Å². The Balaban J connectivity index is 1.03. The first kappa shape index (κ1) is 113. The molecule has 9 aromatic rings. The van der Waals surface area contributed by atoms with E-state index >= 15 is 0 Å². The summed E-state index contributed by atoms with van der Waals surface area (Å²) in [5.41, 5.74) is 11.7. The van der Waals surface area contributed by atoms with E-state index in [-0.39, 0.29) is 0 Å². The van der Waals surface area contributed by atoms with Gasteiger partial charge in [0, 0.05) is 14.6 Å². The van der Waals surface area contributed by atoms with Gasteiger partial charge in [-0.2, -0.15) is 0 Å². The van der Waals surface area contributed by atoms with Gasteiger partial charge in [-0.05, 0) is 74.3 Å². The predicted octanol–water partition coefficient (Wildman–Crippen LogP) is 44.4. The summed E-state index contributed by atoms with van der Waals surface area (Å²) in [4.78, 5) is 26.9. The van der Waals surface area contributed by atoms with Crippen LogP contribution in [0.15, 0.2) is 72.8 Å². The molecule has 0 aliphatic heterocycles. The van der Waals surface area contributed by atoms with Crippen molar-refractivity contribution in [1.29, 1.82) is 0 Å². The molecule has 10 heteroatoms. The normalized spacial score (nSPS) is 11.9. The van der Waals surface area contributed by atoms with Gasteiger partial charge in [-0.3, -0.25) is 0 Å². The molecule has 0 saturated carbocycles. The second-order valence-electron chi connectivity index (χ2n) is 40.7. The summed E-state index contributed by atoms with van der Waals surface area (Å²) in [7, 11) is 0. The van der Waals surface area contributed by atoms with Crippen molar-refractivity contribution >= 4 is 97.0 Å². The first-order valence-electron chi connectivity index (χ1n) is 57.0. The molecule has 8 aromatic heterocycles. The molecule has 0 amide bonds. The zero-order valence-electron chi connectivity index (χ0n) is 86.2. The van der Waals surface area contributed by atoms with E-state index in [1.807, 2.05) is 22.7 Å². The molecule has 0 aliphatic rings. The Hall–Kier alpha value is -2.72. The average molecular weight is 2040 g/mol. The monoisotopic (exact) mass is 2040 g/mol. The van der Waals surface area contributed by atoms with E-state index in [4.69, 9.17) is 9.97 Å². The Morgan fingerprint density at radius 3 is 0.712 bits per heavy atom. The zero-order chi connectivity index (χ0) is 92.6. The van der Waals surface area contributed by atoms with Crippen LogP contribution in [-0.2, 0) is 38.5 Å². The standard InChI is InChI=1S/C122H192N2S6Se2/c1-9-15-21-27-33-39-45-51-57-63-69-75-81-103-95-99(7)125-117(103)110-97-105(83-77-71-65-59-53-47-41-35-29-23-17-11-3)119(127-110)121-123-107(85-79-73-67-61-55-49-43-37-31-25-19-13-5)115(129-121)101-88-90-102(91-89-101)116-108(86-80-74-68-62-56-50-44-38-32-26-20-14-6)124-122(130-116)120-106(84-78-72-66-60-54-48-42-36-30-24-18-12-4)98-111(128-120)118-104(82-76-70-64-58-52-46-40-34-28-22-16-10-2)96-109(126-118)112-93-94-114(132-112)113-92-87-100(8)131-113/h87-98H,9-86H2,1-8H3. The minimum absolute atomic E-state index is 0.336. The molecule has 0 atom stereocenters. The second kappa shape index (κ2) is 72.5. The topological polar surface area (TPSA) is 25.8 Å². The quantitative estimate of drug-likeness (QED) is 0.0280. The molecule has 0 aliphatic carbocycles. The number of aromatic nitrogens is 2. The predicted molar refractivity (Wildman–Crippen MR) is 605 cm³/mol. The minimum atomic E-state index is 0.336. The van der Waals surface area contributed by atoms with Gasteiger partial charge < -0.3 is 0 Å². The van der Waals surface area contributed by atoms with Gasteiger partial charge in [0.1, 0.15) is 5.01 Å². The van der Waals surface area contributed by atoms with E-state index in [0.717, 1.165) is 25.7 Å². The van der Waals surface area contributed by atoms with Crippen LogP contribution in [0.4, 0.5) is 0 Å². The molecule has 9 rings (SSSR count). The SMILES string of the molecule is CCCCCCCCCCCCCCc1cc(C)sc1-c1cc(CCCCCCCCCCCCCC)c(-c2nc(CCCCCCCCCCCCCC)c(-c3ccc(-c4sc(-c5sc(-c6sc(-c7ccc(-c8ccc(C)[se]8)[se]7)cc6CCCCCCCCCCCCCC)cc5CCCCCCCCCCCCCC)nc4CCCCCCCCCCCCCC)cc3)s2)s1. The number of rotatable bonds is 86. The molecule has 0 spiro atoms. The molecule has 8 heterocycles. The van der Waals surface area contributed by atoms with Crippen LogP contribution >= 0.6 is 68.0 Å². The van der Waals surface area contributed by atoms with Gasteiger partial charge >= 0.3 is 289 Å². The summed E-state index contributed by atoms with van der Waals surface area (Å²) >= 11 is 13.3. The average Bonchev–Trinajstić information content (AvgIpc) is 1.63. The number of hydrogen-bond acceptors (Lipinski definition) is 8. The number of hydrogen-bond donors (Lipinski definition) is 0. The summed E-state index contributed by atoms with van der Waals surface area (Å²) < 4.78 is 6.37. The molecule has 0 saturated heterocycles. The maximum atomic E-state index is 6.03. The summed E-state index contributed by atoms with van der Waals surface area (Å²) in [6.07, 6.45) is 106. The van der Waals surface area contributed by atoms with Crippen molar-refractivity contribution < 1.29 is 0 Å². The fourth-order valence-electron chi connectivity index (χ4n) is 20.2. The minimum Gasteiger partial charge on any atom is -0.132 e. The van der Waals surface area contributed by atoms with E-state index in [0.29, 0.717) is 29.0 Å². The molecule has 0 fully saturated rings. The van der Waals surface area contributed by atoms with Gasteiger partial charge in [-0.1, -0.05) is 420 Å². The Labute approximate surface area is 849 Å². The maximum absolute atomic E-state index is 6.03. The first-order valence-corrected chi connectivity index (χ1v) is 65.3. The number of nitrogens with zero attached hydrogens (tertiary/aromatic N) is 2. The molecular weight excluding hydrogens is 1840 g/mol. The van der Waals surface area contributed by atoms with Crippen molar-refractivity contribution in [3.63, 3.8) is 0 Å². The fourth-order valence-corrected chi connectivity index (χ4v) is 32.4. The van der Waals surface area contributed by atoms with Crippen molar-refractivity contribution in [2.45, 2.75) is 556 Å². The third-order valence-corrected chi connectivity index (χ3v) is 41.7. The van der Waals surface area contributed by atoms with Crippen LogP contribution in [0.3, 0.4) is 0 Å². The number of benzene rings is 1. The van der Waals surface area contributed by atoms with Crippen molar-refractivity contribution in [1.82, 2.24) is 9.97 Å². The van der Waals surface area contributed by atoms with Crippen LogP contribution in [0.1, 0.15) is 547 Å². The summed E-state index contributed by atoms with van der Waals surface area (Å²) in [6.45, 7) is 18.8. The van der Waals surface area contributed by atoms with Gasteiger partial charge in [0.05, 0.1) is 15.4 Å². The van der Waals surface area contributed by atoms with Crippen molar-refractivity contribution in [2.75, 3.05) is 0 Å². The van der Waals surface area contributed by atoms with E-state index in [2.05, 4.69) is 174 Å². The Morgan fingerprint density at radius 2 is 0.424 bits per heavy atom. The molecule has 132 heavy (non-hydrogen) atoms. The molecule has 0 unspecified atom stereocenters. The summed E-state index contributed by atoms with van der Waals surface area (Å²) in [5.74, 6) is 0. The second-order valence-corrected chi connectivity index (χ2v) is 52.1. The molecule has 738 valence electrons. The Kier molecular flexibility index (Phi) is 62.0. The summed E-state index contributed by atoms with van der Waals surface area (Å²) in [5, 5.41) is 2.55. The van der Waals surface area contributed by atoms with Crippen LogP contribution in [0, 0.1) is 13.8 Å². The molecule has 1 aromatic carbocycles. The van der Waals surface area contributed by atoms with Crippen molar-refractivity contribution in [3.8, 4) is 78.3 Å². The van der Waals surface area contributed by atoms with Gasteiger partial charge in [-0.25, -0.2) is 4.98 Å². The van der Waals surface area contributed by atoms with Crippen molar-refractivity contribution in [3.05, 3.63) is 116 Å². The zero-order valence-corrected chi connectivity index (χ0v) is 94.6. The van der Waals surface area contributed by atoms with Crippen LogP contribution in [-0.4, -0.2) is 39.0 Å². The molecule has 0 bridgehead atoms.